The van der Waals surface area contributed by atoms with Crippen molar-refractivity contribution in [3.05, 3.63) is 59.4 Å². The van der Waals surface area contributed by atoms with Gasteiger partial charge in [-0.1, -0.05) is 37.3 Å². The molecule has 0 bridgehead atoms. The van der Waals surface area contributed by atoms with E-state index in [1.807, 2.05) is 10.6 Å². The molecule has 0 radical (unpaired) electrons. The van der Waals surface area contributed by atoms with E-state index in [0.29, 0.717) is 5.92 Å². The van der Waals surface area contributed by atoms with Gasteiger partial charge in [-0.2, -0.15) is 4.52 Å². The Balaban J connectivity index is 1.37. The predicted molar refractivity (Wildman–Crippen MR) is 103 cm³/mol. The number of nitrogens with zero attached hydrogens (tertiary/aromatic N) is 5. The second-order valence-electron chi connectivity index (χ2n) is 7.27. The van der Waals surface area contributed by atoms with Gasteiger partial charge in [-0.15, -0.1) is 15.3 Å². The largest absolute Gasteiger partial charge is 0.351 e. The van der Waals surface area contributed by atoms with E-state index in [1.54, 1.807) is 0 Å². The van der Waals surface area contributed by atoms with Crippen molar-refractivity contribution >= 4 is 17.0 Å². The molecule has 5 heteroatoms. The van der Waals surface area contributed by atoms with Crippen LogP contribution in [0.2, 0.25) is 0 Å². The van der Waals surface area contributed by atoms with Gasteiger partial charge in [0, 0.05) is 19.0 Å². The first-order valence-electron chi connectivity index (χ1n) is 9.57. The summed E-state index contributed by atoms with van der Waals surface area (Å²) in [6.45, 7) is 4.08. The maximum absolute atomic E-state index is 4.83. The number of rotatable bonds is 4. The molecule has 1 aromatic carbocycles. The number of anilines is 1. The van der Waals surface area contributed by atoms with Gasteiger partial charge in [0.1, 0.15) is 5.82 Å². The van der Waals surface area contributed by atoms with E-state index in [1.165, 1.54) is 29.5 Å². The highest BCUT2D eigenvalue weighted by Crippen LogP contribution is 2.38. The van der Waals surface area contributed by atoms with Crippen molar-refractivity contribution in [2.75, 3.05) is 18.0 Å². The molecule has 2 aliphatic rings. The first-order valence-corrected chi connectivity index (χ1v) is 9.57. The number of benzene rings is 1. The highest BCUT2D eigenvalue weighted by molar-refractivity contribution is 5.68. The van der Waals surface area contributed by atoms with Gasteiger partial charge in [0.2, 0.25) is 0 Å². The monoisotopic (exact) mass is 345 g/mol. The number of hydrogen-bond acceptors (Lipinski definition) is 4. The lowest BCUT2D eigenvalue weighted by atomic mass is 9.98. The minimum absolute atomic E-state index is 0.548. The third-order valence-corrected chi connectivity index (χ3v) is 5.48. The van der Waals surface area contributed by atoms with E-state index in [0.717, 1.165) is 43.2 Å². The number of fused-ring (bicyclic) bond motifs is 1. The normalized spacial score (nSPS) is 17.6. The second-order valence-corrected chi connectivity index (χ2v) is 7.27. The molecule has 5 rings (SSSR count). The van der Waals surface area contributed by atoms with Crippen LogP contribution in [0.5, 0.6) is 0 Å². The lowest BCUT2D eigenvalue weighted by Crippen LogP contribution is -2.29. The molecule has 0 saturated heterocycles. The fourth-order valence-corrected chi connectivity index (χ4v) is 3.65. The van der Waals surface area contributed by atoms with Gasteiger partial charge < -0.3 is 4.90 Å². The fourth-order valence-electron chi connectivity index (χ4n) is 3.65. The molecule has 0 N–H and O–H groups in total. The summed E-state index contributed by atoms with van der Waals surface area (Å²) in [5.41, 5.74) is 5.03. The first kappa shape index (κ1) is 15.6. The van der Waals surface area contributed by atoms with E-state index in [2.05, 4.69) is 58.4 Å². The molecule has 0 spiro atoms. The van der Waals surface area contributed by atoms with Gasteiger partial charge in [0.25, 0.3) is 0 Å². The van der Waals surface area contributed by atoms with Crippen LogP contribution in [0.15, 0.2) is 42.5 Å². The van der Waals surface area contributed by atoms with E-state index in [-0.39, 0.29) is 0 Å². The standard InChI is InChI=1S/C21H23N5/c1-2-15-3-5-16(6-4-15)17-11-13-25(14-12-17)20-10-9-19-22-23-21(18-7-8-18)26(19)24-20/h3-6,9-11,18H,2,7-8,12-14H2,1H3. The Kier molecular flexibility index (Phi) is 3.73. The fraction of sp³-hybridized carbons (Fsp3) is 0.381. The van der Waals surface area contributed by atoms with Gasteiger partial charge in [0.15, 0.2) is 11.5 Å². The molecule has 3 aromatic rings. The molecule has 26 heavy (non-hydrogen) atoms. The van der Waals surface area contributed by atoms with E-state index in [4.69, 9.17) is 5.10 Å². The van der Waals surface area contributed by atoms with Crippen LogP contribution < -0.4 is 4.90 Å². The van der Waals surface area contributed by atoms with Crippen LogP contribution in [0.4, 0.5) is 5.82 Å². The molecule has 0 unspecified atom stereocenters. The summed E-state index contributed by atoms with van der Waals surface area (Å²) in [5.74, 6) is 2.58. The van der Waals surface area contributed by atoms with Gasteiger partial charge in [-0.25, -0.2) is 0 Å². The minimum Gasteiger partial charge on any atom is -0.351 e. The molecular weight excluding hydrogens is 322 g/mol. The van der Waals surface area contributed by atoms with Crippen LogP contribution in [0.3, 0.4) is 0 Å². The Hall–Kier alpha value is -2.69. The molecule has 2 aromatic heterocycles. The average Bonchev–Trinajstić information content (AvgIpc) is 3.47. The van der Waals surface area contributed by atoms with Crippen molar-refractivity contribution in [2.45, 2.75) is 38.5 Å². The quantitative estimate of drug-likeness (QED) is 0.720. The summed E-state index contributed by atoms with van der Waals surface area (Å²) in [6.07, 6.45) is 6.89. The molecule has 1 aliphatic heterocycles. The van der Waals surface area contributed by atoms with E-state index >= 15 is 0 Å². The maximum Gasteiger partial charge on any atom is 0.178 e. The predicted octanol–water partition coefficient (Wildman–Crippen LogP) is 3.86. The third-order valence-electron chi connectivity index (χ3n) is 5.48. The van der Waals surface area contributed by atoms with Gasteiger partial charge in [0.05, 0.1) is 0 Å². The molecule has 5 nitrogen and oxygen atoms in total. The van der Waals surface area contributed by atoms with Crippen LogP contribution in [0, 0.1) is 0 Å². The summed E-state index contributed by atoms with van der Waals surface area (Å²) in [6, 6.07) is 13.1. The third kappa shape index (κ3) is 2.77. The van der Waals surface area contributed by atoms with Crippen LogP contribution in [-0.2, 0) is 6.42 Å². The van der Waals surface area contributed by atoms with E-state index in [9.17, 15) is 0 Å². The first-order chi connectivity index (χ1) is 12.8. The van der Waals surface area contributed by atoms with Crippen molar-refractivity contribution in [1.82, 2.24) is 19.8 Å². The molecule has 1 aliphatic carbocycles. The Morgan fingerprint density at radius 3 is 2.58 bits per heavy atom. The smallest absolute Gasteiger partial charge is 0.178 e. The molecule has 1 saturated carbocycles. The second kappa shape index (κ2) is 6.24. The van der Waals surface area contributed by atoms with Crippen LogP contribution >= 0.6 is 0 Å². The zero-order valence-electron chi connectivity index (χ0n) is 15.1. The Labute approximate surface area is 153 Å². The number of aromatic nitrogens is 4. The Morgan fingerprint density at radius 2 is 1.88 bits per heavy atom. The average molecular weight is 345 g/mol. The molecule has 0 amide bonds. The SMILES string of the molecule is CCc1ccc(C2=CCN(c3ccc4nnc(C5CC5)n4n3)CC2)cc1. The summed E-state index contributed by atoms with van der Waals surface area (Å²) in [7, 11) is 0. The molecule has 132 valence electrons. The van der Waals surface area contributed by atoms with Crippen molar-refractivity contribution < 1.29 is 0 Å². The highest BCUT2D eigenvalue weighted by atomic mass is 15.4. The van der Waals surface area contributed by atoms with Gasteiger partial charge >= 0.3 is 0 Å². The lowest BCUT2D eigenvalue weighted by molar-refractivity contribution is 0.763. The Morgan fingerprint density at radius 1 is 1.04 bits per heavy atom. The number of aryl methyl sites for hydroxylation is 1. The molecular formula is C21H23N5. The highest BCUT2D eigenvalue weighted by Gasteiger charge is 2.29. The maximum atomic E-state index is 4.83. The lowest BCUT2D eigenvalue weighted by Gasteiger charge is -2.27. The topological polar surface area (TPSA) is 46.3 Å². The van der Waals surface area contributed by atoms with Gasteiger partial charge in [-0.3, -0.25) is 0 Å². The molecule has 0 atom stereocenters. The van der Waals surface area contributed by atoms with Crippen molar-refractivity contribution in [3.63, 3.8) is 0 Å². The summed E-state index contributed by atoms with van der Waals surface area (Å²) in [4.78, 5) is 2.33. The minimum atomic E-state index is 0.548. The molecule has 3 heterocycles. The molecule has 1 fully saturated rings. The summed E-state index contributed by atoms with van der Waals surface area (Å²) in [5, 5.41) is 13.4. The number of hydrogen-bond donors (Lipinski definition) is 0. The van der Waals surface area contributed by atoms with Gasteiger partial charge in [-0.05, 0) is 54.5 Å². The van der Waals surface area contributed by atoms with Crippen LogP contribution in [0.1, 0.15) is 49.1 Å². The van der Waals surface area contributed by atoms with Crippen molar-refractivity contribution in [3.8, 4) is 0 Å². The zero-order valence-corrected chi connectivity index (χ0v) is 15.1. The van der Waals surface area contributed by atoms with Crippen molar-refractivity contribution in [1.29, 1.82) is 0 Å². The van der Waals surface area contributed by atoms with Crippen LogP contribution in [-0.4, -0.2) is 32.9 Å². The van der Waals surface area contributed by atoms with Crippen LogP contribution in [0.25, 0.3) is 11.2 Å². The Bertz CT molecular complexity index is 966. The zero-order chi connectivity index (χ0) is 17.5. The summed E-state index contributed by atoms with van der Waals surface area (Å²) < 4.78 is 1.94. The summed E-state index contributed by atoms with van der Waals surface area (Å²) >= 11 is 0. The van der Waals surface area contributed by atoms with E-state index < -0.39 is 0 Å². The van der Waals surface area contributed by atoms with Crippen molar-refractivity contribution in [2.24, 2.45) is 0 Å².